The normalized spacial score (nSPS) is 29.3. The van der Waals surface area contributed by atoms with Gasteiger partial charge in [0.2, 0.25) is 0 Å². The Morgan fingerprint density at radius 1 is 1.23 bits per heavy atom. The summed E-state index contributed by atoms with van der Waals surface area (Å²) in [7, 11) is 2.28. The van der Waals surface area contributed by atoms with Crippen LogP contribution in [0.2, 0.25) is 5.02 Å². The van der Waals surface area contributed by atoms with Crippen molar-refractivity contribution in [1.29, 1.82) is 0 Å². The molecular weight excluding hydrogens is 340 g/mol. The smallest absolute Gasteiger partial charge is 0.0467 e. The SMILES string of the molecule is C=CCN(CC1CC1)C1(c2ccc(Cl)cc2)CCC(N(C)CC)C(C)C1. The van der Waals surface area contributed by atoms with Crippen molar-refractivity contribution < 1.29 is 0 Å². The molecule has 3 rings (SSSR count). The maximum absolute atomic E-state index is 6.21. The minimum atomic E-state index is 0.117. The molecule has 3 atom stereocenters. The summed E-state index contributed by atoms with van der Waals surface area (Å²) in [5, 5.41) is 0.828. The Morgan fingerprint density at radius 3 is 2.46 bits per heavy atom. The van der Waals surface area contributed by atoms with Crippen LogP contribution in [0.1, 0.15) is 51.5 Å². The number of benzene rings is 1. The van der Waals surface area contributed by atoms with Crippen molar-refractivity contribution in [1.82, 2.24) is 9.80 Å². The molecule has 0 aliphatic heterocycles. The topological polar surface area (TPSA) is 6.48 Å². The van der Waals surface area contributed by atoms with Crippen LogP contribution in [0.25, 0.3) is 0 Å². The zero-order valence-corrected chi connectivity index (χ0v) is 17.5. The first-order chi connectivity index (χ1) is 12.5. The molecule has 0 radical (unpaired) electrons. The Balaban J connectivity index is 1.93. The molecule has 2 aliphatic rings. The molecule has 0 aromatic heterocycles. The largest absolute Gasteiger partial charge is 0.303 e. The average Bonchev–Trinajstić information content (AvgIpc) is 3.45. The van der Waals surface area contributed by atoms with E-state index in [1.165, 1.54) is 44.2 Å². The molecule has 0 saturated heterocycles. The third-order valence-electron chi connectivity index (χ3n) is 6.75. The summed E-state index contributed by atoms with van der Waals surface area (Å²) in [5.41, 5.74) is 1.56. The second kappa shape index (κ2) is 8.46. The van der Waals surface area contributed by atoms with E-state index in [1.54, 1.807) is 0 Å². The highest BCUT2D eigenvalue weighted by Crippen LogP contribution is 2.47. The van der Waals surface area contributed by atoms with E-state index in [0.717, 1.165) is 24.0 Å². The molecule has 0 spiro atoms. The first-order valence-corrected chi connectivity index (χ1v) is 10.7. The summed E-state index contributed by atoms with van der Waals surface area (Å²) in [6.07, 6.45) is 8.56. The van der Waals surface area contributed by atoms with E-state index in [-0.39, 0.29) is 5.54 Å². The van der Waals surface area contributed by atoms with Gasteiger partial charge < -0.3 is 4.90 Å². The molecule has 2 fully saturated rings. The van der Waals surface area contributed by atoms with Crippen LogP contribution in [0, 0.1) is 11.8 Å². The van der Waals surface area contributed by atoms with E-state index >= 15 is 0 Å². The lowest BCUT2D eigenvalue weighted by Crippen LogP contribution is -2.54. The molecule has 0 bridgehead atoms. The van der Waals surface area contributed by atoms with Gasteiger partial charge in [-0.3, -0.25) is 4.90 Å². The molecular formula is C23H35ClN2. The van der Waals surface area contributed by atoms with Crippen LogP contribution in [0.4, 0.5) is 0 Å². The van der Waals surface area contributed by atoms with Gasteiger partial charge in [0.05, 0.1) is 0 Å². The zero-order valence-electron chi connectivity index (χ0n) is 16.8. The highest BCUT2D eigenvalue weighted by Gasteiger charge is 2.46. The lowest BCUT2D eigenvalue weighted by molar-refractivity contribution is -0.00132. The molecule has 1 aromatic rings. The minimum Gasteiger partial charge on any atom is -0.303 e. The van der Waals surface area contributed by atoms with Crippen LogP contribution < -0.4 is 0 Å². The summed E-state index contributed by atoms with van der Waals surface area (Å²) in [4.78, 5) is 5.27. The predicted octanol–water partition coefficient (Wildman–Crippen LogP) is 5.57. The third-order valence-corrected chi connectivity index (χ3v) is 7.00. The van der Waals surface area contributed by atoms with Gasteiger partial charge in [0, 0.05) is 29.7 Å². The Bertz CT molecular complexity index is 595. The quantitative estimate of drug-likeness (QED) is 0.548. The number of rotatable bonds is 8. The maximum atomic E-state index is 6.21. The second-order valence-corrected chi connectivity index (χ2v) is 8.97. The molecule has 2 saturated carbocycles. The van der Waals surface area contributed by atoms with Crippen molar-refractivity contribution in [2.45, 2.75) is 57.5 Å². The number of halogens is 1. The van der Waals surface area contributed by atoms with E-state index in [0.29, 0.717) is 12.0 Å². The van der Waals surface area contributed by atoms with Crippen LogP contribution in [0.15, 0.2) is 36.9 Å². The molecule has 0 amide bonds. The van der Waals surface area contributed by atoms with Gasteiger partial charge in [0.1, 0.15) is 0 Å². The van der Waals surface area contributed by atoms with Gasteiger partial charge in [-0.2, -0.15) is 0 Å². The Hall–Kier alpha value is -0.830. The zero-order chi connectivity index (χ0) is 18.7. The van der Waals surface area contributed by atoms with Crippen LogP contribution in [0.3, 0.4) is 0 Å². The van der Waals surface area contributed by atoms with Crippen LogP contribution >= 0.6 is 11.6 Å². The van der Waals surface area contributed by atoms with Gasteiger partial charge in [0.25, 0.3) is 0 Å². The van der Waals surface area contributed by atoms with E-state index < -0.39 is 0 Å². The van der Waals surface area contributed by atoms with Gasteiger partial charge in [-0.1, -0.05) is 43.7 Å². The van der Waals surface area contributed by atoms with E-state index in [9.17, 15) is 0 Å². The molecule has 0 heterocycles. The maximum Gasteiger partial charge on any atom is 0.0467 e. The van der Waals surface area contributed by atoms with E-state index in [4.69, 9.17) is 11.6 Å². The predicted molar refractivity (Wildman–Crippen MR) is 113 cm³/mol. The molecule has 26 heavy (non-hydrogen) atoms. The summed E-state index contributed by atoms with van der Waals surface area (Å²) in [5.74, 6) is 1.56. The second-order valence-electron chi connectivity index (χ2n) is 8.54. The summed E-state index contributed by atoms with van der Waals surface area (Å²) in [6.45, 7) is 12.1. The molecule has 3 heteroatoms. The molecule has 144 valence electrons. The van der Waals surface area contributed by atoms with Crippen LogP contribution in [0.5, 0.6) is 0 Å². The number of hydrogen-bond acceptors (Lipinski definition) is 2. The fraction of sp³-hybridized carbons (Fsp3) is 0.652. The van der Waals surface area contributed by atoms with Gasteiger partial charge in [-0.25, -0.2) is 0 Å². The first kappa shape index (κ1) is 19.9. The van der Waals surface area contributed by atoms with Crippen molar-refractivity contribution in [2.75, 3.05) is 26.7 Å². The van der Waals surface area contributed by atoms with Crippen molar-refractivity contribution in [3.8, 4) is 0 Å². The van der Waals surface area contributed by atoms with Gasteiger partial charge in [-0.15, -0.1) is 6.58 Å². The number of hydrogen-bond donors (Lipinski definition) is 0. The molecule has 3 unspecified atom stereocenters. The average molecular weight is 375 g/mol. The van der Waals surface area contributed by atoms with Crippen molar-refractivity contribution in [3.63, 3.8) is 0 Å². The van der Waals surface area contributed by atoms with Crippen LogP contribution in [-0.4, -0.2) is 42.5 Å². The molecule has 1 aromatic carbocycles. The monoisotopic (exact) mass is 374 g/mol. The van der Waals surface area contributed by atoms with Gasteiger partial charge in [0.15, 0.2) is 0 Å². The third kappa shape index (κ3) is 4.18. The highest BCUT2D eigenvalue weighted by atomic mass is 35.5. The van der Waals surface area contributed by atoms with Crippen molar-refractivity contribution in [3.05, 3.63) is 47.5 Å². The fourth-order valence-electron chi connectivity index (χ4n) is 5.02. The molecule has 0 N–H and O–H groups in total. The minimum absolute atomic E-state index is 0.117. The highest BCUT2D eigenvalue weighted by molar-refractivity contribution is 6.30. The Labute approximate surface area is 165 Å². The standard InChI is InChI=1S/C23H35ClN2/c1-5-15-26(17-19-7-8-19)23(20-9-11-21(24)12-10-20)14-13-22(18(3)16-23)25(4)6-2/h5,9-12,18-19,22H,1,6-8,13-17H2,2-4H3. The fourth-order valence-corrected chi connectivity index (χ4v) is 5.14. The lowest BCUT2D eigenvalue weighted by atomic mass is 9.68. The summed E-state index contributed by atoms with van der Waals surface area (Å²) >= 11 is 6.21. The van der Waals surface area contributed by atoms with Crippen molar-refractivity contribution >= 4 is 11.6 Å². The summed E-state index contributed by atoms with van der Waals surface area (Å²) < 4.78 is 0. The van der Waals surface area contributed by atoms with Gasteiger partial charge in [-0.05, 0) is 75.2 Å². The molecule has 2 nitrogen and oxygen atoms in total. The summed E-state index contributed by atoms with van der Waals surface area (Å²) in [6, 6.07) is 9.35. The molecule has 2 aliphatic carbocycles. The van der Waals surface area contributed by atoms with E-state index in [1.807, 2.05) is 0 Å². The Morgan fingerprint density at radius 2 is 1.92 bits per heavy atom. The van der Waals surface area contributed by atoms with Gasteiger partial charge >= 0.3 is 0 Å². The van der Waals surface area contributed by atoms with Crippen LogP contribution in [-0.2, 0) is 5.54 Å². The Kier molecular flexibility index (Phi) is 6.48. The van der Waals surface area contributed by atoms with Crippen molar-refractivity contribution in [2.24, 2.45) is 11.8 Å². The first-order valence-electron chi connectivity index (χ1n) is 10.3. The number of nitrogens with zero attached hydrogens (tertiary/aromatic N) is 2. The lowest BCUT2D eigenvalue weighted by Gasteiger charge is -2.52. The van der Waals surface area contributed by atoms with E-state index in [2.05, 4.69) is 67.6 Å².